The van der Waals surface area contributed by atoms with Gasteiger partial charge in [0.25, 0.3) is 5.91 Å². The first-order chi connectivity index (χ1) is 11.7. The van der Waals surface area contributed by atoms with Crippen LogP contribution in [0.25, 0.3) is 11.0 Å². The largest absolute Gasteiger partial charge is 0.461 e. The summed E-state index contributed by atoms with van der Waals surface area (Å²) in [4.78, 5) is 19.2. The summed E-state index contributed by atoms with van der Waals surface area (Å²) < 4.78 is 5.39. The van der Waals surface area contributed by atoms with Crippen molar-refractivity contribution in [3.63, 3.8) is 0 Å². The summed E-state index contributed by atoms with van der Waals surface area (Å²) in [6.07, 6.45) is 5.37. The molecule has 5 rings (SSSR count). The molecule has 3 fully saturated rings. The van der Waals surface area contributed by atoms with Crippen LogP contribution in [-0.4, -0.2) is 53.2 Å². The van der Waals surface area contributed by atoms with E-state index >= 15 is 0 Å². The Morgan fingerprint density at radius 1 is 1.46 bits per heavy atom. The molecule has 1 atom stereocenters. The van der Waals surface area contributed by atoms with Gasteiger partial charge in [-0.2, -0.15) is 0 Å². The van der Waals surface area contributed by atoms with Crippen molar-refractivity contribution in [2.24, 2.45) is 5.92 Å². The lowest BCUT2D eigenvalue weighted by molar-refractivity contribution is 0.0618. The smallest absolute Gasteiger partial charge is 0.270 e. The zero-order valence-corrected chi connectivity index (χ0v) is 13.3. The van der Waals surface area contributed by atoms with Crippen LogP contribution in [0.3, 0.4) is 0 Å². The molecule has 2 aromatic rings. The lowest BCUT2D eigenvalue weighted by atomic mass is 9.84. The van der Waals surface area contributed by atoms with Crippen LogP contribution >= 0.6 is 0 Å². The second-order valence-electron chi connectivity index (χ2n) is 6.39. The maximum atomic E-state index is 12.6. The van der Waals surface area contributed by atoms with Gasteiger partial charge in [0.15, 0.2) is 5.58 Å². The summed E-state index contributed by atoms with van der Waals surface area (Å²) in [5.41, 5.74) is 1.60. The van der Waals surface area contributed by atoms with Crippen LogP contribution in [0, 0.1) is 17.8 Å². The molecule has 124 valence electrons. The third kappa shape index (κ3) is 2.77. The number of nitrogens with zero attached hydrogens (tertiary/aromatic N) is 2. The number of aliphatic hydroxyl groups excluding tert-OH is 1. The zero-order valence-electron chi connectivity index (χ0n) is 13.3. The van der Waals surface area contributed by atoms with Crippen molar-refractivity contribution in [3.05, 3.63) is 29.8 Å². The van der Waals surface area contributed by atoms with Crippen LogP contribution in [0.2, 0.25) is 0 Å². The third-order valence-electron chi connectivity index (χ3n) is 4.97. The maximum absolute atomic E-state index is 12.6. The average Bonchev–Trinajstić information content (AvgIpc) is 3.03. The molecule has 3 aliphatic heterocycles. The number of nitrogens with one attached hydrogen (secondary N) is 1. The standard InChI is InChI=1S/C18H19N3O3/c22-7-1-2-13-11-24-17-9-19-15(8-14(13)17)18(23)20-16-10-21-5-3-12(16)4-6-21/h8-9,11-12,16,22H,3-7,10H2,(H,20,23). The highest BCUT2D eigenvalue weighted by Crippen LogP contribution is 2.28. The summed E-state index contributed by atoms with van der Waals surface area (Å²) in [5, 5.41) is 12.7. The van der Waals surface area contributed by atoms with E-state index in [0.29, 0.717) is 22.8 Å². The first-order valence-corrected chi connectivity index (χ1v) is 8.25. The van der Waals surface area contributed by atoms with Crippen molar-refractivity contribution in [1.29, 1.82) is 0 Å². The van der Waals surface area contributed by atoms with E-state index in [1.165, 1.54) is 6.26 Å². The van der Waals surface area contributed by atoms with Gasteiger partial charge in [-0.05, 0) is 37.9 Å². The monoisotopic (exact) mass is 325 g/mol. The molecule has 0 saturated carbocycles. The number of carbonyl (C=O) groups excluding carboxylic acids is 1. The summed E-state index contributed by atoms with van der Waals surface area (Å²) in [5.74, 6) is 5.84. The van der Waals surface area contributed by atoms with Crippen LogP contribution in [-0.2, 0) is 0 Å². The summed E-state index contributed by atoms with van der Waals surface area (Å²) in [6, 6.07) is 1.91. The van der Waals surface area contributed by atoms with Crippen molar-refractivity contribution in [2.75, 3.05) is 26.2 Å². The number of fused-ring (bicyclic) bond motifs is 4. The molecule has 1 unspecified atom stereocenters. The van der Waals surface area contributed by atoms with Gasteiger partial charge in [0.2, 0.25) is 0 Å². The number of hydrogen-bond acceptors (Lipinski definition) is 5. The van der Waals surface area contributed by atoms with Gasteiger partial charge >= 0.3 is 0 Å². The van der Waals surface area contributed by atoms with Gasteiger partial charge in [0, 0.05) is 18.0 Å². The van der Waals surface area contributed by atoms with Gasteiger partial charge in [-0.15, -0.1) is 0 Å². The topological polar surface area (TPSA) is 78.6 Å². The first-order valence-electron chi connectivity index (χ1n) is 8.25. The van der Waals surface area contributed by atoms with Crippen LogP contribution < -0.4 is 5.32 Å². The van der Waals surface area contributed by atoms with E-state index in [0.717, 1.165) is 37.9 Å². The van der Waals surface area contributed by atoms with Crippen LogP contribution in [0.4, 0.5) is 0 Å². The molecule has 6 heteroatoms. The zero-order chi connectivity index (χ0) is 16.5. The Hall–Kier alpha value is -2.36. The molecular weight excluding hydrogens is 306 g/mol. The minimum absolute atomic E-state index is 0.155. The molecule has 3 saturated heterocycles. The molecule has 0 aromatic carbocycles. The highest BCUT2D eigenvalue weighted by Gasteiger charge is 2.35. The van der Waals surface area contributed by atoms with E-state index in [1.54, 1.807) is 12.3 Å². The number of hydrogen-bond donors (Lipinski definition) is 2. The van der Waals surface area contributed by atoms with Gasteiger partial charge in [-0.1, -0.05) is 11.8 Å². The number of piperidine rings is 3. The number of carbonyl (C=O) groups is 1. The Bertz CT molecular complexity index is 825. The maximum Gasteiger partial charge on any atom is 0.270 e. The van der Waals surface area contributed by atoms with E-state index in [1.807, 2.05) is 0 Å². The highest BCUT2D eigenvalue weighted by atomic mass is 16.3. The molecule has 0 spiro atoms. The normalized spacial score (nSPS) is 25.3. The molecule has 2 bridgehead atoms. The van der Waals surface area contributed by atoms with E-state index in [9.17, 15) is 4.79 Å². The molecule has 2 aromatic heterocycles. The number of aliphatic hydroxyl groups is 1. The van der Waals surface area contributed by atoms with Crippen molar-refractivity contribution in [1.82, 2.24) is 15.2 Å². The van der Waals surface area contributed by atoms with E-state index < -0.39 is 0 Å². The fourth-order valence-electron chi connectivity index (χ4n) is 3.66. The number of rotatable bonds is 2. The van der Waals surface area contributed by atoms with Crippen molar-refractivity contribution in [3.8, 4) is 11.8 Å². The summed E-state index contributed by atoms with van der Waals surface area (Å²) >= 11 is 0. The molecule has 6 nitrogen and oxygen atoms in total. The predicted molar refractivity (Wildman–Crippen MR) is 88.4 cm³/mol. The van der Waals surface area contributed by atoms with Crippen LogP contribution in [0.1, 0.15) is 28.9 Å². The van der Waals surface area contributed by atoms with Gasteiger partial charge in [0.05, 0.1) is 11.8 Å². The van der Waals surface area contributed by atoms with E-state index in [-0.39, 0.29) is 18.6 Å². The highest BCUT2D eigenvalue weighted by molar-refractivity contribution is 5.96. The molecule has 0 radical (unpaired) electrons. The van der Waals surface area contributed by atoms with E-state index in [2.05, 4.69) is 27.0 Å². The second kappa shape index (κ2) is 6.27. The molecule has 2 N–H and O–H groups in total. The summed E-state index contributed by atoms with van der Waals surface area (Å²) in [6.45, 7) is 2.99. The molecule has 24 heavy (non-hydrogen) atoms. The number of pyridine rings is 1. The Kier molecular flexibility index (Phi) is 3.97. The number of amides is 1. The fraction of sp³-hybridized carbons (Fsp3) is 0.444. The van der Waals surface area contributed by atoms with Crippen LogP contribution in [0.15, 0.2) is 22.9 Å². The molecule has 0 aliphatic carbocycles. The summed E-state index contributed by atoms with van der Waals surface area (Å²) in [7, 11) is 0. The lowest BCUT2D eigenvalue weighted by Crippen LogP contribution is -2.57. The number of aromatic nitrogens is 1. The first kappa shape index (κ1) is 15.2. The van der Waals surface area contributed by atoms with Gasteiger partial charge in [0.1, 0.15) is 18.6 Å². The second-order valence-corrected chi connectivity index (χ2v) is 6.39. The van der Waals surface area contributed by atoms with Crippen molar-refractivity contribution >= 4 is 16.9 Å². The molecule has 5 heterocycles. The van der Waals surface area contributed by atoms with Crippen LogP contribution in [0.5, 0.6) is 0 Å². The van der Waals surface area contributed by atoms with Gasteiger partial charge in [-0.3, -0.25) is 4.79 Å². The Morgan fingerprint density at radius 3 is 3.00 bits per heavy atom. The van der Waals surface area contributed by atoms with E-state index in [4.69, 9.17) is 9.52 Å². The Balaban J connectivity index is 1.55. The number of furan rings is 1. The molecular formula is C18H19N3O3. The quantitative estimate of drug-likeness (QED) is 0.805. The van der Waals surface area contributed by atoms with Gasteiger partial charge < -0.3 is 19.7 Å². The predicted octanol–water partition coefficient (Wildman–Crippen LogP) is 0.996. The SMILES string of the molecule is O=C(NC1CN2CCC1CC2)c1cc2c(C#CCO)coc2cn1. The fourth-order valence-corrected chi connectivity index (χ4v) is 3.66. The van der Waals surface area contributed by atoms with Crippen molar-refractivity contribution < 1.29 is 14.3 Å². The van der Waals surface area contributed by atoms with Gasteiger partial charge in [-0.25, -0.2) is 4.98 Å². The minimum atomic E-state index is -0.218. The van der Waals surface area contributed by atoms with Crippen molar-refractivity contribution in [2.45, 2.75) is 18.9 Å². The lowest BCUT2D eigenvalue weighted by Gasteiger charge is -2.44. The molecule has 3 aliphatic rings. The Labute approximate surface area is 139 Å². The minimum Gasteiger partial charge on any atom is -0.461 e. The average molecular weight is 325 g/mol. The Morgan fingerprint density at radius 2 is 2.29 bits per heavy atom. The third-order valence-corrected chi connectivity index (χ3v) is 4.97. The molecule has 1 amide bonds.